The van der Waals surface area contributed by atoms with Gasteiger partial charge in [-0.3, -0.25) is 9.59 Å². The van der Waals surface area contributed by atoms with Crippen molar-refractivity contribution in [2.24, 2.45) is 62.6 Å². The van der Waals surface area contributed by atoms with Crippen LogP contribution in [0.5, 0.6) is 0 Å². The Balaban J connectivity index is 1.61. The average molecular weight is 527 g/mol. The van der Waals surface area contributed by atoms with Crippen molar-refractivity contribution < 1.29 is 23.9 Å². The lowest BCUT2D eigenvalue weighted by Crippen LogP contribution is -2.65. The molecule has 0 aromatic rings. The smallest absolute Gasteiger partial charge is 0.313 e. The van der Waals surface area contributed by atoms with Crippen LogP contribution in [0.4, 0.5) is 0 Å². The van der Waals surface area contributed by atoms with Gasteiger partial charge in [0.2, 0.25) is 0 Å². The normalized spacial score (nSPS) is 50.6. The molecule has 11 atom stereocenters. The first kappa shape index (κ1) is 27.9. The Hall–Kier alpha value is -1.65. The van der Waals surface area contributed by atoms with Crippen molar-refractivity contribution in [3.8, 4) is 0 Å². The van der Waals surface area contributed by atoms with Crippen LogP contribution in [0.3, 0.4) is 0 Å². The van der Waals surface area contributed by atoms with Crippen LogP contribution in [-0.4, -0.2) is 31.4 Å². The van der Waals surface area contributed by atoms with E-state index >= 15 is 0 Å². The molecule has 0 aromatic carbocycles. The van der Waals surface area contributed by atoms with Crippen molar-refractivity contribution in [1.82, 2.24) is 0 Å². The summed E-state index contributed by atoms with van der Waals surface area (Å²) in [6.45, 7) is 19.7. The van der Waals surface area contributed by atoms with Crippen molar-refractivity contribution in [1.29, 1.82) is 0 Å². The highest BCUT2D eigenvalue weighted by molar-refractivity contribution is 5.76. The number of esters is 2. The number of carbonyl (C=O) groups excluding carboxylic acids is 3. The lowest BCUT2D eigenvalue weighted by molar-refractivity contribution is -0.224. The number of methoxy groups -OCH3 is 1. The molecule has 212 valence electrons. The molecule has 0 radical (unpaired) electrons. The van der Waals surface area contributed by atoms with Crippen LogP contribution in [0.25, 0.3) is 0 Å². The Kier molecular flexibility index (Phi) is 6.37. The topological polar surface area (TPSA) is 69.7 Å². The van der Waals surface area contributed by atoms with Crippen LogP contribution < -0.4 is 0 Å². The van der Waals surface area contributed by atoms with Crippen molar-refractivity contribution in [2.75, 3.05) is 7.11 Å². The van der Waals surface area contributed by atoms with Crippen LogP contribution >= 0.6 is 0 Å². The molecule has 0 N–H and O–H groups in total. The van der Waals surface area contributed by atoms with E-state index in [9.17, 15) is 14.4 Å². The molecule has 5 fully saturated rings. The second-order valence-electron chi connectivity index (χ2n) is 15.2. The largest absolute Gasteiger partial charge is 0.469 e. The Bertz CT molecular complexity index is 1050. The van der Waals surface area contributed by atoms with Gasteiger partial charge in [0.15, 0.2) is 0 Å². The first-order valence-electron chi connectivity index (χ1n) is 15.0. The third-order valence-electron chi connectivity index (χ3n) is 13.9. The van der Waals surface area contributed by atoms with E-state index in [2.05, 4.69) is 48.1 Å². The van der Waals surface area contributed by atoms with Crippen molar-refractivity contribution >= 4 is 18.2 Å². The molecular weight excluding hydrogens is 476 g/mol. The maximum Gasteiger partial charge on any atom is 0.313 e. The van der Waals surface area contributed by atoms with Crippen LogP contribution in [0.2, 0.25) is 0 Å². The Morgan fingerprint density at radius 1 is 0.868 bits per heavy atom. The van der Waals surface area contributed by atoms with E-state index in [0.717, 1.165) is 51.4 Å². The molecule has 0 amide bonds. The summed E-state index contributed by atoms with van der Waals surface area (Å²) in [6, 6.07) is 0. The van der Waals surface area contributed by atoms with Gasteiger partial charge in [-0.25, -0.2) is 0 Å². The maximum atomic E-state index is 13.6. The molecule has 0 saturated heterocycles. The van der Waals surface area contributed by atoms with Gasteiger partial charge < -0.3 is 14.3 Å². The Morgan fingerprint density at radius 2 is 1.55 bits per heavy atom. The van der Waals surface area contributed by atoms with Gasteiger partial charge in [-0.1, -0.05) is 46.8 Å². The molecule has 5 aliphatic carbocycles. The molecule has 0 unspecified atom stereocenters. The molecule has 38 heavy (non-hydrogen) atoms. The van der Waals surface area contributed by atoms with Crippen LogP contribution in [0.15, 0.2) is 12.2 Å². The number of ether oxygens (including phenoxy) is 2. The summed E-state index contributed by atoms with van der Waals surface area (Å²) in [5, 5.41) is 0. The quantitative estimate of drug-likeness (QED) is 0.229. The van der Waals surface area contributed by atoms with Crippen molar-refractivity contribution in [3.63, 3.8) is 0 Å². The fourth-order valence-corrected chi connectivity index (χ4v) is 12.2. The second kappa shape index (κ2) is 8.67. The molecule has 0 bridgehead atoms. The van der Waals surface area contributed by atoms with Gasteiger partial charge in [0.25, 0.3) is 0 Å². The summed E-state index contributed by atoms with van der Waals surface area (Å²) in [5.41, 5.74) is 0.463. The standard InChI is InChI=1S/C33H50O5/c1-19(2)21-12-15-33(18-34)17-16-30(6)22(25(21)33)10-11-24-31(30,7)14-13-23-29(4,5)27(38-20(3)35)26(28(36)37-9)32(23,24)8/h18,21-27H,1,10-17H2,2-9H3/t21-,22+,23-,24-,25+,26-,27-,30+,31+,32-,33+/m0/s1. The molecule has 0 spiro atoms. The van der Waals surface area contributed by atoms with E-state index in [1.807, 2.05) is 0 Å². The zero-order valence-electron chi connectivity index (χ0n) is 25.0. The number of aldehydes is 1. The zero-order chi connectivity index (χ0) is 28.1. The van der Waals surface area contributed by atoms with Gasteiger partial charge in [-0.05, 0) is 104 Å². The highest BCUT2D eigenvalue weighted by Gasteiger charge is 2.76. The summed E-state index contributed by atoms with van der Waals surface area (Å²) < 4.78 is 11.4. The van der Waals surface area contributed by atoms with Crippen molar-refractivity contribution in [3.05, 3.63) is 12.2 Å². The monoisotopic (exact) mass is 526 g/mol. The molecule has 0 aliphatic heterocycles. The Labute approximate surface area is 229 Å². The van der Waals surface area contributed by atoms with Gasteiger partial charge in [0.05, 0.1) is 7.11 Å². The average Bonchev–Trinajstić information content (AvgIpc) is 3.31. The van der Waals surface area contributed by atoms with Crippen LogP contribution in [-0.2, 0) is 23.9 Å². The minimum atomic E-state index is -0.493. The third kappa shape index (κ3) is 3.25. The van der Waals surface area contributed by atoms with Gasteiger partial charge >= 0.3 is 11.9 Å². The summed E-state index contributed by atoms with van der Waals surface area (Å²) >= 11 is 0. The molecule has 5 saturated carbocycles. The van der Waals surface area contributed by atoms with E-state index in [-0.39, 0.29) is 44.9 Å². The highest BCUT2D eigenvalue weighted by Crippen LogP contribution is 2.79. The number of rotatable bonds is 4. The van der Waals surface area contributed by atoms with Gasteiger partial charge in [-0.2, -0.15) is 0 Å². The summed E-state index contributed by atoms with van der Waals surface area (Å²) in [5.74, 6) is 0.773. The third-order valence-corrected chi connectivity index (χ3v) is 13.9. The predicted molar refractivity (Wildman–Crippen MR) is 147 cm³/mol. The second-order valence-corrected chi connectivity index (χ2v) is 15.2. The van der Waals surface area contributed by atoms with Crippen molar-refractivity contribution in [2.45, 2.75) is 106 Å². The SMILES string of the molecule is C=C(C)[C@@H]1CC[C@]2(C=O)CC[C@]3(C)[C@H](CC[C@@H]4[C@@]5(C)[C@H](C(=O)OC)[C@H](OC(C)=O)C(C)(C)[C@@H]5CC[C@]43C)[C@@H]12. The van der Waals surface area contributed by atoms with Gasteiger partial charge in [0, 0.05) is 17.8 Å². The lowest BCUT2D eigenvalue weighted by Gasteiger charge is -2.70. The van der Waals surface area contributed by atoms with Crippen LogP contribution in [0, 0.1) is 62.6 Å². The summed E-state index contributed by atoms with van der Waals surface area (Å²) in [7, 11) is 1.47. The fourth-order valence-electron chi connectivity index (χ4n) is 12.2. The number of carbonyl (C=O) groups is 3. The van der Waals surface area contributed by atoms with Crippen LogP contribution in [0.1, 0.15) is 99.8 Å². The molecule has 0 heterocycles. The van der Waals surface area contributed by atoms with E-state index in [0.29, 0.717) is 23.7 Å². The predicted octanol–water partition coefficient (Wildman–Crippen LogP) is 6.78. The number of fused-ring (bicyclic) bond motifs is 7. The molecule has 5 nitrogen and oxygen atoms in total. The minimum Gasteiger partial charge on any atom is -0.469 e. The molecule has 0 aromatic heterocycles. The highest BCUT2D eigenvalue weighted by atomic mass is 16.6. The van der Waals surface area contributed by atoms with Gasteiger partial charge in [0.1, 0.15) is 18.3 Å². The number of allylic oxidation sites excluding steroid dienone is 1. The van der Waals surface area contributed by atoms with E-state index < -0.39 is 12.0 Å². The Morgan fingerprint density at radius 3 is 2.13 bits per heavy atom. The van der Waals surface area contributed by atoms with Gasteiger partial charge in [-0.15, -0.1) is 0 Å². The molecule has 5 heteroatoms. The summed E-state index contributed by atoms with van der Waals surface area (Å²) in [4.78, 5) is 38.6. The van der Waals surface area contributed by atoms with E-state index in [1.165, 1.54) is 25.9 Å². The zero-order valence-corrected chi connectivity index (χ0v) is 25.0. The first-order valence-corrected chi connectivity index (χ1v) is 15.0. The number of hydrogen-bond donors (Lipinski definition) is 0. The minimum absolute atomic E-state index is 0.0197. The van der Waals surface area contributed by atoms with E-state index in [1.54, 1.807) is 0 Å². The summed E-state index contributed by atoms with van der Waals surface area (Å²) in [6.07, 6.45) is 9.15. The fraction of sp³-hybridized carbons (Fsp3) is 0.848. The first-order chi connectivity index (χ1) is 17.7. The molecular formula is C33H50O5. The molecule has 5 rings (SSSR count). The number of hydrogen-bond acceptors (Lipinski definition) is 5. The lowest BCUT2D eigenvalue weighted by atomic mass is 9.34. The van der Waals surface area contributed by atoms with E-state index in [4.69, 9.17) is 9.47 Å². The molecule has 5 aliphatic rings. The maximum absolute atomic E-state index is 13.6.